The molecule has 0 radical (unpaired) electrons. The highest BCUT2D eigenvalue weighted by atomic mass is 79.9. The third kappa shape index (κ3) is 8.09. The van der Waals surface area contributed by atoms with Crippen molar-refractivity contribution in [1.29, 1.82) is 0 Å². The number of benzene rings is 4. The van der Waals surface area contributed by atoms with Gasteiger partial charge in [0.25, 0.3) is 0 Å². The third-order valence-corrected chi connectivity index (χ3v) is 8.17. The maximum atomic E-state index is 11.6. The zero-order valence-corrected chi connectivity index (χ0v) is 24.6. The van der Waals surface area contributed by atoms with E-state index in [9.17, 15) is 9.90 Å². The van der Waals surface area contributed by atoms with Crippen molar-refractivity contribution in [3.63, 3.8) is 0 Å². The fourth-order valence-electron chi connectivity index (χ4n) is 5.28. The number of carbonyl (C=O) groups is 1. The topological polar surface area (TPSA) is 71.1 Å². The summed E-state index contributed by atoms with van der Waals surface area (Å²) in [7, 11) is 0. The maximum Gasteiger partial charge on any atom is 0.137 e. The van der Waals surface area contributed by atoms with Gasteiger partial charge in [0.1, 0.15) is 11.8 Å². The molecule has 0 aromatic heterocycles. The van der Waals surface area contributed by atoms with Gasteiger partial charge in [-0.15, -0.1) is 0 Å². The third-order valence-electron chi connectivity index (χ3n) is 7.53. The molecule has 2 atom stereocenters. The van der Waals surface area contributed by atoms with Gasteiger partial charge in [-0.05, 0) is 57.6 Å². The summed E-state index contributed by atoms with van der Waals surface area (Å²) in [4.78, 5) is 13.0. The molecule has 1 fully saturated rings. The van der Waals surface area contributed by atoms with Crippen LogP contribution in [0.4, 0.5) is 4.79 Å². The molecule has 214 valence electrons. The Hall–Kier alpha value is -3.39. The van der Waals surface area contributed by atoms with Gasteiger partial charge in [0.15, 0.2) is 0 Å². The van der Waals surface area contributed by atoms with Crippen LogP contribution in [0.15, 0.2) is 91.0 Å². The highest BCUT2D eigenvalue weighted by Crippen LogP contribution is 2.32. The van der Waals surface area contributed by atoms with E-state index in [0.717, 1.165) is 39.6 Å². The van der Waals surface area contributed by atoms with Crippen LogP contribution in [0.1, 0.15) is 41.0 Å². The van der Waals surface area contributed by atoms with Crippen molar-refractivity contribution in [1.82, 2.24) is 4.90 Å². The zero-order chi connectivity index (χ0) is 28.4. The lowest BCUT2D eigenvalue weighted by Gasteiger charge is -2.40. The summed E-state index contributed by atoms with van der Waals surface area (Å²) in [6.07, 6.45) is 0.0452. The molecule has 1 aliphatic heterocycles. The number of alkyl halides is 1. The number of carbonyl (C=O) groups excluding carboxylic acids is 1. The number of hydrogen-bond donors (Lipinski definition) is 0. The number of fused-ring (bicyclic) bond motifs is 1. The number of nitrogens with zero attached hydrogens (tertiary/aromatic N) is 1. The molecule has 2 unspecified atom stereocenters. The Bertz CT molecular complexity index is 1410. The van der Waals surface area contributed by atoms with Crippen LogP contribution in [0.3, 0.4) is 0 Å². The van der Waals surface area contributed by atoms with Gasteiger partial charge in [-0.3, -0.25) is 0 Å². The second-order valence-electron chi connectivity index (χ2n) is 10.4. The van der Waals surface area contributed by atoms with E-state index in [1.807, 2.05) is 30.3 Å². The van der Waals surface area contributed by atoms with Crippen molar-refractivity contribution in [2.24, 2.45) is 0 Å². The van der Waals surface area contributed by atoms with Crippen molar-refractivity contribution in [3.8, 4) is 5.75 Å². The molecule has 1 aliphatic rings. The molecule has 1 heterocycles. The molecule has 6 nitrogen and oxygen atoms in total. The monoisotopic (exact) mass is 616 g/mol. The molecule has 41 heavy (non-hydrogen) atoms. The molecule has 4 aromatic rings. The number of halogens is 1. The first-order chi connectivity index (χ1) is 20.1. The Morgan fingerprint density at radius 2 is 1.61 bits per heavy atom. The second kappa shape index (κ2) is 14.5. The summed E-state index contributed by atoms with van der Waals surface area (Å²) in [6.45, 7) is 2.94. The van der Waals surface area contributed by atoms with Gasteiger partial charge in [0.05, 0.1) is 32.5 Å². The Morgan fingerprint density at radius 1 is 0.854 bits per heavy atom. The van der Waals surface area contributed by atoms with E-state index in [2.05, 4.69) is 76.6 Å². The van der Waals surface area contributed by atoms with E-state index in [1.165, 1.54) is 15.8 Å². The first kappa shape index (κ1) is 29.1. The van der Waals surface area contributed by atoms with Crippen molar-refractivity contribution >= 4 is 32.8 Å². The van der Waals surface area contributed by atoms with Gasteiger partial charge in [-0.1, -0.05) is 88.7 Å². The van der Waals surface area contributed by atoms with E-state index >= 15 is 0 Å². The van der Waals surface area contributed by atoms with Crippen LogP contribution in [0.5, 0.6) is 5.75 Å². The van der Waals surface area contributed by atoms with E-state index in [0.29, 0.717) is 39.4 Å². The highest BCUT2D eigenvalue weighted by molar-refractivity contribution is 9.08. The van der Waals surface area contributed by atoms with Crippen LogP contribution < -0.4 is 9.84 Å². The Kier molecular flexibility index (Phi) is 10.3. The standard InChI is InChI=1S/C34H36BrNO5/c35-21-26-7-9-28-10-8-27(20-30(28)19-26)24-41-33-22-36(34(37)38)16-15-32(33)29-11-13-31(14-12-29)40-18-4-17-39-23-25-5-2-1-3-6-25/h1-3,5-14,19-20,32-33H,4,15-18,21-24H2,(H,37,38)/p-1. The molecule has 1 saturated heterocycles. The van der Waals surface area contributed by atoms with Gasteiger partial charge in [-0.2, -0.15) is 0 Å². The molecule has 0 N–H and O–H groups in total. The number of rotatable bonds is 12. The van der Waals surface area contributed by atoms with Crippen LogP contribution in [0.25, 0.3) is 10.8 Å². The molecule has 1 amide bonds. The van der Waals surface area contributed by atoms with Crippen LogP contribution in [0, 0.1) is 0 Å². The lowest BCUT2D eigenvalue weighted by molar-refractivity contribution is -0.268. The molecule has 0 aliphatic carbocycles. The van der Waals surface area contributed by atoms with Gasteiger partial charge < -0.3 is 29.0 Å². The average Bonchev–Trinajstić information content (AvgIpc) is 3.02. The number of hydrogen-bond acceptors (Lipinski definition) is 5. The maximum absolute atomic E-state index is 11.6. The van der Waals surface area contributed by atoms with Crippen molar-refractivity contribution in [2.75, 3.05) is 26.3 Å². The van der Waals surface area contributed by atoms with Crippen molar-refractivity contribution < 1.29 is 24.1 Å². The molecule has 0 saturated carbocycles. The number of carboxylic acid groups (broad SMARTS) is 1. The SMILES string of the molecule is O=C([O-])N1CCC(c2ccc(OCCCOCc3ccccc3)cc2)C(OCc2ccc3ccc(CBr)cc3c2)C1. The fourth-order valence-corrected chi connectivity index (χ4v) is 5.63. The van der Waals surface area contributed by atoms with Gasteiger partial charge >= 0.3 is 0 Å². The fraction of sp³-hybridized carbons (Fsp3) is 0.324. The van der Waals surface area contributed by atoms with Crippen molar-refractivity contribution in [2.45, 2.75) is 43.4 Å². The Morgan fingerprint density at radius 3 is 2.37 bits per heavy atom. The first-order valence-electron chi connectivity index (χ1n) is 14.1. The molecule has 5 rings (SSSR count). The molecular formula is C34H35BrNO5-. The van der Waals surface area contributed by atoms with Crippen molar-refractivity contribution in [3.05, 3.63) is 113 Å². The Labute approximate surface area is 250 Å². The highest BCUT2D eigenvalue weighted by Gasteiger charge is 2.31. The minimum Gasteiger partial charge on any atom is -0.530 e. The Balaban J connectivity index is 1.16. The summed E-state index contributed by atoms with van der Waals surface area (Å²) in [5, 5.41) is 14.8. The number of likely N-dealkylation sites (tertiary alicyclic amines) is 1. The molecule has 0 spiro atoms. The zero-order valence-electron chi connectivity index (χ0n) is 23.0. The second-order valence-corrected chi connectivity index (χ2v) is 11.0. The summed E-state index contributed by atoms with van der Waals surface area (Å²) >= 11 is 3.53. The molecule has 7 heteroatoms. The minimum atomic E-state index is -1.15. The van der Waals surface area contributed by atoms with E-state index in [1.54, 1.807) is 0 Å². The number of amides is 1. The van der Waals surface area contributed by atoms with E-state index in [4.69, 9.17) is 14.2 Å². The van der Waals surface area contributed by atoms with Crippen LogP contribution in [-0.4, -0.2) is 43.4 Å². The van der Waals surface area contributed by atoms with Crippen LogP contribution >= 0.6 is 15.9 Å². The van der Waals surface area contributed by atoms with E-state index < -0.39 is 6.09 Å². The normalized spacial score (nSPS) is 17.0. The molecular weight excluding hydrogens is 582 g/mol. The molecule has 4 aromatic carbocycles. The summed E-state index contributed by atoms with van der Waals surface area (Å²) < 4.78 is 18.1. The molecule has 0 bridgehead atoms. The van der Waals surface area contributed by atoms with Gasteiger partial charge in [-0.25, -0.2) is 0 Å². The smallest absolute Gasteiger partial charge is 0.137 e. The average molecular weight is 618 g/mol. The first-order valence-corrected chi connectivity index (χ1v) is 15.2. The summed E-state index contributed by atoms with van der Waals surface area (Å²) in [5.41, 5.74) is 4.56. The predicted molar refractivity (Wildman–Crippen MR) is 162 cm³/mol. The number of ether oxygens (including phenoxy) is 3. The van der Waals surface area contributed by atoms with Gasteiger partial charge in [0, 0.05) is 30.8 Å². The summed E-state index contributed by atoms with van der Waals surface area (Å²) in [5.74, 6) is 0.881. The predicted octanol–water partition coefficient (Wildman–Crippen LogP) is 6.44. The van der Waals surface area contributed by atoms with Crippen LogP contribution in [-0.2, 0) is 28.0 Å². The largest absolute Gasteiger partial charge is 0.530 e. The lowest BCUT2D eigenvalue weighted by Crippen LogP contribution is -2.51. The van der Waals surface area contributed by atoms with Crippen LogP contribution in [0.2, 0.25) is 0 Å². The quantitative estimate of drug-likeness (QED) is 0.135. The number of piperidine rings is 1. The van der Waals surface area contributed by atoms with E-state index in [-0.39, 0.29) is 18.6 Å². The lowest BCUT2D eigenvalue weighted by atomic mass is 9.87. The minimum absolute atomic E-state index is 0.0755. The summed E-state index contributed by atoms with van der Waals surface area (Å²) in [6, 6.07) is 31.0. The van der Waals surface area contributed by atoms with Gasteiger partial charge in [0.2, 0.25) is 0 Å².